The molecule has 0 radical (unpaired) electrons. The number of aliphatic hydroxyl groups is 1. The fraction of sp³-hybridized carbons (Fsp3) is 0.480. The van der Waals surface area contributed by atoms with Crippen molar-refractivity contribution >= 4 is 30.8 Å². The van der Waals surface area contributed by atoms with E-state index in [0.29, 0.717) is 23.2 Å². The molecule has 0 amide bonds. The van der Waals surface area contributed by atoms with Gasteiger partial charge in [-0.3, -0.25) is 0 Å². The fourth-order valence-corrected chi connectivity index (χ4v) is 6.30. The molecule has 2 aromatic rings. The van der Waals surface area contributed by atoms with Crippen LogP contribution in [0.5, 0.6) is 0 Å². The highest BCUT2D eigenvalue weighted by atomic mass is 35.5. The van der Waals surface area contributed by atoms with Crippen molar-refractivity contribution in [3.05, 3.63) is 71.8 Å². The second-order valence-electron chi connectivity index (χ2n) is 9.08. The molecule has 3 heterocycles. The molecule has 2 aromatic carbocycles. The molecule has 0 aliphatic carbocycles. The molecule has 31 heavy (non-hydrogen) atoms. The van der Waals surface area contributed by atoms with E-state index in [1.54, 1.807) is 24.3 Å². The minimum Gasteiger partial charge on any atom is -0.459 e. The van der Waals surface area contributed by atoms with Gasteiger partial charge in [-0.05, 0) is 11.1 Å². The number of rotatable bonds is 4. The van der Waals surface area contributed by atoms with Crippen LogP contribution in [-0.4, -0.2) is 46.8 Å². The largest absolute Gasteiger partial charge is 0.459 e. The highest BCUT2D eigenvalue weighted by molar-refractivity contribution is 5.86. The normalized spacial score (nSPS) is 26.0. The van der Waals surface area contributed by atoms with E-state index < -0.39 is 11.6 Å². The van der Waals surface area contributed by atoms with Crippen LogP contribution >= 0.6 is 24.8 Å². The van der Waals surface area contributed by atoms with Gasteiger partial charge in [0, 0.05) is 38.5 Å². The third-order valence-electron chi connectivity index (χ3n) is 7.71. The fourth-order valence-electron chi connectivity index (χ4n) is 6.30. The summed E-state index contributed by atoms with van der Waals surface area (Å²) in [5.74, 6) is -0.547. The summed E-state index contributed by atoms with van der Waals surface area (Å²) in [7, 11) is 0. The maximum atomic E-state index is 13.4. The van der Waals surface area contributed by atoms with Crippen molar-refractivity contribution in [3.8, 4) is 0 Å². The molecule has 0 saturated carbocycles. The average Bonchev–Trinajstić information content (AvgIpc) is 3.31. The smallest absolute Gasteiger partial charge is 0.347 e. The minimum atomic E-state index is -1.78. The molecule has 6 heteroatoms. The summed E-state index contributed by atoms with van der Waals surface area (Å²) in [4.78, 5) is 13.4. The Morgan fingerprint density at radius 1 is 0.839 bits per heavy atom. The maximum absolute atomic E-state index is 13.4. The van der Waals surface area contributed by atoms with Gasteiger partial charge in [0.25, 0.3) is 0 Å². The Morgan fingerprint density at radius 3 is 1.74 bits per heavy atom. The average molecular weight is 465 g/mol. The van der Waals surface area contributed by atoms with Crippen molar-refractivity contribution < 1.29 is 19.1 Å². The third-order valence-corrected chi connectivity index (χ3v) is 7.71. The van der Waals surface area contributed by atoms with E-state index in [9.17, 15) is 9.90 Å². The third kappa shape index (κ3) is 4.00. The molecular formula is C25H32Cl2NO3+. The Kier molecular flexibility index (Phi) is 7.37. The molecule has 1 N–H and O–H groups in total. The Hall–Kier alpha value is -1.59. The van der Waals surface area contributed by atoms with Gasteiger partial charge in [-0.1, -0.05) is 60.7 Å². The van der Waals surface area contributed by atoms with Crippen molar-refractivity contribution in [3.63, 3.8) is 0 Å². The Morgan fingerprint density at radius 2 is 1.29 bits per heavy atom. The van der Waals surface area contributed by atoms with E-state index in [0.717, 1.165) is 12.8 Å². The van der Waals surface area contributed by atoms with Crippen LogP contribution in [0.15, 0.2) is 60.7 Å². The molecule has 3 saturated heterocycles. The second-order valence-corrected chi connectivity index (χ2v) is 9.08. The van der Waals surface area contributed by atoms with Crippen LogP contribution in [0, 0.1) is 0 Å². The predicted octanol–water partition coefficient (Wildman–Crippen LogP) is 4.61. The first-order valence-corrected chi connectivity index (χ1v) is 11.0. The van der Waals surface area contributed by atoms with Gasteiger partial charge in [0.1, 0.15) is 6.10 Å². The summed E-state index contributed by atoms with van der Waals surface area (Å²) in [6, 6.07) is 19.6. The van der Waals surface area contributed by atoms with Crippen molar-refractivity contribution in [2.45, 2.75) is 62.3 Å². The molecule has 0 aromatic heterocycles. The number of piperidine rings is 1. The van der Waals surface area contributed by atoms with Crippen molar-refractivity contribution in [2.75, 3.05) is 13.1 Å². The predicted molar refractivity (Wildman–Crippen MR) is 126 cm³/mol. The number of esters is 1. The van der Waals surface area contributed by atoms with Crippen LogP contribution in [-0.2, 0) is 15.1 Å². The van der Waals surface area contributed by atoms with Crippen LogP contribution in [0.1, 0.15) is 49.7 Å². The molecule has 1 unspecified atom stereocenters. The van der Waals surface area contributed by atoms with E-state index in [4.69, 9.17) is 4.74 Å². The second kappa shape index (κ2) is 9.50. The van der Waals surface area contributed by atoms with Gasteiger partial charge < -0.3 is 14.3 Å². The first-order chi connectivity index (χ1) is 14.1. The number of carbonyl (C=O) groups excluding carboxylic acids is 1. The molecule has 5 rings (SSSR count). The number of benzene rings is 2. The molecule has 4 nitrogen and oxygen atoms in total. The molecular weight excluding hydrogens is 433 g/mol. The van der Waals surface area contributed by atoms with Gasteiger partial charge in [0.05, 0.1) is 25.2 Å². The summed E-state index contributed by atoms with van der Waals surface area (Å²) in [6.07, 6.45) is 6.94. The first-order valence-electron chi connectivity index (χ1n) is 11.0. The van der Waals surface area contributed by atoms with Gasteiger partial charge in [0.15, 0.2) is 0 Å². The molecule has 168 valence electrons. The summed E-state index contributed by atoms with van der Waals surface area (Å²) < 4.78 is 7.32. The lowest BCUT2D eigenvalue weighted by molar-refractivity contribution is -0.956. The summed E-state index contributed by atoms with van der Waals surface area (Å²) in [5.41, 5.74) is -0.671. The Labute approximate surface area is 197 Å². The van der Waals surface area contributed by atoms with Crippen molar-refractivity contribution in [1.29, 1.82) is 0 Å². The number of nitrogens with zero attached hydrogens (tertiary/aromatic N) is 1. The van der Waals surface area contributed by atoms with Crippen LogP contribution in [0.3, 0.4) is 0 Å². The maximum Gasteiger partial charge on any atom is 0.347 e. The number of halogens is 2. The summed E-state index contributed by atoms with van der Waals surface area (Å²) in [6.45, 7) is 2.60. The van der Waals surface area contributed by atoms with E-state index >= 15 is 0 Å². The number of carbonyl (C=O) groups is 1. The first kappa shape index (κ1) is 24.1. The van der Waals surface area contributed by atoms with Crippen molar-refractivity contribution in [1.82, 2.24) is 0 Å². The molecule has 3 aliphatic rings. The Bertz CT molecular complexity index is 815. The van der Waals surface area contributed by atoms with Crippen LogP contribution in [0.4, 0.5) is 0 Å². The summed E-state index contributed by atoms with van der Waals surface area (Å²) >= 11 is 0. The zero-order chi connectivity index (χ0) is 19.9. The minimum absolute atomic E-state index is 0. The number of hydrogen-bond donors (Lipinski definition) is 1. The molecule has 1 spiro atoms. The van der Waals surface area contributed by atoms with E-state index in [2.05, 4.69) is 0 Å². The highest BCUT2D eigenvalue weighted by Gasteiger charge is 2.56. The van der Waals surface area contributed by atoms with Gasteiger partial charge in [0.2, 0.25) is 5.60 Å². The molecule has 2 bridgehead atoms. The monoisotopic (exact) mass is 464 g/mol. The van der Waals surface area contributed by atoms with Gasteiger partial charge in [-0.25, -0.2) is 4.79 Å². The van der Waals surface area contributed by atoms with Crippen LogP contribution in [0.25, 0.3) is 0 Å². The van der Waals surface area contributed by atoms with Gasteiger partial charge in [-0.15, -0.1) is 24.8 Å². The Balaban J connectivity index is 0.00000136. The quantitative estimate of drug-likeness (QED) is 0.530. The topological polar surface area (TPSA) is 46.5 Å². The molecule has 3 fully saturated rings. The highest BCUT2D eigenvalue weighted by Crippen LogP contribution is 2.46. The number of ether oxygens (including phenoxy) is 1. The lowest BCUT2D eigenvalue weighted by atomic mass is 9.86. The SMILES string of the molecule is Cl.Cl.O=C(OC1C[C@H]2CC[C@@H](C1)[N+]21CCCC1)C(O)(c1ccccc1)c1ccccc1. The molecule has 3 atom stereocenters. The van der Waals surface area contributed by atoms with Gasteiger partial charge in [-0.2, -0.15) is 0 Å². The van der Waals surface area contributed by atoms with Gasteiger partial charge >= 0.3 is 5.97 Å². The van der Waals surface area contributed by atoms with Crippen LogP contribution in [0.2, 0.25) is 0 Å². The zero-order valence-corrected chi connectivity index (χ0v) is 19.3. The summed E-state index contributed by atoms with van der Waals surface area (Å²) in [5, 5.41) is 11.6. The van der Waals surface area contributed by atoms with E-state index in [-0.39, 0.29) is 30.9 Å². The zero-order valence-electron chi connectivity index (χ0n) is 17.7. The molecule has 3 aliphatic heterocycles. The number of hydrogen-bond acceptors (Lipinski definition) is 3. The lowest BCUT2D eigenvalue weighted by Gasteiger charge is -2.47. The van der Waals surface area contributed by atoms with E-state index in [1.165, 1.54) is 43.3 Å². The standard InChI is InChI=1S/C25H30NO3.2ClH/c27-24(25(28,19-9-3-1-4-10-19)20-11-5-2-6-12-20)29-23-17-21-13-14-22(18-23)26(21)15-7-8-16-26;;/h1-6,9-12,21-23,28H,7-8,13-18H2;2*1H/q+1;;/t21-,22+,23?;;. The lowest BCUT2D eigenvalue weighted by Crippen LogP contribution is -2.60. The van der Waals surface area contributed by atoms with E-state index in [1.807, 2.05) is 36.4 Å². The number of quaternary nitrogens is 1. The van der Waals surface area contributed by atoms with Crippen LogP contribution < -0.4 is 0 Å². The van der Waals surface area contributed by atoms with Crippen molar-refractivity contribution in [2.24, 2.45) is 0 Å².